The van der Waals surface area contributed by atoms with Crippen LogP contribution in [0.5, 0.6) is 0 Å². The fraction of sp³-hybridized carbons (Fsp3) is 0.348. The second kappa shape index (κ2) is 6.65. The summed E-state index contributed by atoms with van der Waals surface area (Å²) < 4.78 is 16.7. The largest absolute Gasteiger partial charge is 0.337 e. The molecule has 1 saturated carbocycles. The molecule has 3 heterocycles. The van der Waals surface area contributed by atoms with E-state index in [1.165, 1.54) is 6.07 Å². The number of likely N-dealkylation sites (tertiary alicyclic amines) is 1. The molecule has 5 rings (SSSR count). The zero-order chi connectivity index (χ0) is 21.0. The molecule has 2 fully saturated rings. The van der Waals surface area contributed by atoms with Gasteiger partial charge in [-0.15, -0.1) is 0 Å². The van der Waals surface area contributed by atoms with E-state index in [4.69, 9.17) is 0 Å². The van der Waals surface area contributed by atoms with Gasteiger partial charge in [0.05, 0.1) is 17.5 Å². The number of nitrogens with one attached hydrogen (secondary N) is 1. The summed E-state index contributed by atoms with van der Waals surface area (Å²) in [4.78, 5) is 30.7. The van der Waals surface area contributed by atoms with Crippen LogP contribution in [-0.4, -0.2) is 39.2 Å². The highest BCUT2D eigenvalue weighted by Gasteiger charge is 2.38. The van der Waals surface area contributed by atoms with Crippen molar-refractivity contribution < 1.29 is 14.0 Å². The summed E-state index contributed by atoms with van der Waals surface area (Å²) in [6.07, 6.45) is 3.58. The lowest BCUT2D eigenvalue weighted by atomic mass is 9.84. The second-order valence-electron chi connectivity index (χ2n) is 9.05. The molecule has 0 spiro atoms. The lowest BCUT2D eigenvalue weighted by molar-refractivity contribution is -0.117. The number of halogens is 1. The van der Waals surface area contributed by atoms with Gasteiger partial charge in [-0.3, -0.25) is 14.0 Å². The Labute approximate surface area is 173 Å². The minimum Gasteiger partial charge on any atom is -0.337 e. The van der Waals surface area contributed by atoms with Crippen LogP contribution in [0.3, 0.4) is 0 Å². The number of amides is 2. The Morgan fingerprint density at radius 1 is 1.17 bits per heavy atom. The van der Waals surface area contributed by atoms with Crippen LogP contribution in [0.2, 0.25) is 0 Å². The Balaban J connectivity index is 1.43. The van der Waals surface area contributed by atoms with Crippen molar-refractivity contribution in [1.82, 2.24) is 14.3 Å². The van der Waals surface area contributed by atoms with Crippen molar-refractivity contribution in [2.24, 2.45) is 11.3 Å². The van der Waals surface area contributed by atoms with Gasteiger partial charge in [-0.05, 0) is 42.5 Å². The lowest BCUT2D eigenvalue weighted by Gasteiger charge is -2.45. The third-order valence-electron chi connectivity index (χ3n) is 5.71. The molecule has 1 N–H and O–H groups in total. The highest BCUT2D eigenvalue weighted by Crippen LogP contribution is 2.32. The molecule has 0 unspecified atom stereocenters. The number of anilines is 1. The quantitative estimate of drug-likeness (QED) is 0.713. The van der Waals surface area contributed by atoms with Crippen molar-refractivity contribution >= 4 is 23.3 Å². The molecule has 1 saturated heterocycles. The first-order valence-electron chi connectivity index (χ1n) is 10.2. The monoisotopic (exact) mass is 406 g/mol. The molecule has 3 aromatic rings. The van der Waals surface area contributed by atoms with Crippen LogP contribution in [0.25, 0.3) is 16.9 Å². The van der Waals surface area contributed by atoms with Crippen LogP contribution >= 0.6 is 0 Å². The fourth-order valence-corrected chi connectivity index (χ4v) is 4.03. The number of nitrogens with zero attached hydrogens (tertiary/aromatic N) is 3. The molecule has 1 aliphatic heterocycles. The number of fused-ring (bicyclic) bond motifs is 1. The van der Waals surface area contributed by atoms with Crippen LogP contribution in [0.1, 0.15) is 37.0 Å². The number of hydrogen-bond acceptors (Lipinski definition) is 3. The van der Waals surface area contributed by atoms with E-state index in [1.807, 2.05) is 22.6 Å². The molecule has 0 atom stereocenters. The number of hydrogen-bond donors (Lipinski definition) is 1. The van der Waals surface area contributed by atoms with Gasteiger partial charge in [0.15, 0.2) is 5.82 Å². The van der Waals surface area contributed by atoms with E-state index < -0.39 is 5.82 Å². The molecule has 0 radical (unpaired) electrons. The van der Waals surface area contributed by atoms with Gasteiger partial charge in [0.2, 0.25) is 5.91 Å². The van der Waals surface area contributed by atoms with E-state index in [9.17, 15) is 14.0 Å². The minimum absolute atomic E-state index is 0.0111. The summed E-state index contributed by atoms with van der Waals surface area (Å²) in [5, 5.41) is 2.84. The molecular formula is C23H23FN4O2. The van der Waals surface area contributed by atoms with E-state index in [0.29, 0.717) is 30.1 Å². The normalized spacial score (nSPS) is 17.6. The molecule has 6 nitrogen and oxygen atoms in total. The zero-order valence-corrected chi connectivity index (χ0v) is 17.0. The fourth-order valence-electron chi connectivity index (χ4n) is 4.03. The number of carbonyl (C=O) groups excluding carboxylic acids is 2. The Morgan fingerprint density at radius 3 is 2.60 bits per heavy atom. The minimum atomic E-state index is -0.540. The van der Waals surface area contributed by atoms with Crippen LogP contribution in [0.4, 0.5) is 10.2 Å². The molecule has 30 heavy (non-hydrogen) atoms. The topological polar surface area (TPSA) is 66.7 Å². The van der Waals surface area contributed by atoms with Crippen molar-refractivity contribution in [3.8, 4) is 11.3 Å². The molecule has 0 bridgehead atoms. The number of carbonyl (C=O) groups is 2. The highest BCUT2D eigenvalue weighted by atomic mass is 19.1. The molecule has 1 aliphatic carbocycles. The Kier molecular flexibility index (Phi) is 4.17. The number of pyridine rings is 1. The van der Waals surface area contributed by atoms with Gasteiger partial charge in [-0.2, -0.15) is 0 Å². The maximum Gasteiger partial charge on any atom is 0.256 e. The summed E-state index contributed by atoms with van der Waals surface area (Å²) in [7, 11) is 0. The summed E-state index contributed by atoms with van der Waals surface area (Å²) >= 11 is 0. The van der Waals surface area contributed by atoms with Crippen LogP contribution in [-0.2, 0) is 4.79 Å². The van der Waals surface area contributed by atoms with Crippen LogP contribution < -0.4 is 5.32 Å². The lowest BCUT2D eigenvalue weighted by Crippen LogP contribution is -2.55. The van der Waals surface area contributed by atoms with Gasteiger partial charge in [-0.25, -0.2) is 9.37 Å². The predicted molar refractivity (Wildman–Crippen MR) is 112 cm³/mol. The van der Waals surface area contributed by atoms with E-state index in [1.54, 1.807) is 23.2 Å². The molecule has 2 aliphatic rings. The molecule has 2 amide bonds. The van der Waals surface area contributed by atoms with Crippen LogP contribution in [0, 0.1) is 17.2 Å². The first-order valence-corrected chi connectivity index (χ1v) is 10.2. The Hall–Kier alpha value is -3.22. The number of rotatable bonds is 4. The summed E-state index contributed by atoms with van der Waals surface area (Å²) in [6.45, 7) is 5.44. The van der Waals surface area contributed by atoms with Gasteiger partial charge < -0.3 is 10.2 Å². The van der Waals surface area contributed by atoms with Gasteiger partial charge in [0.25, 0.3) is 5.91 Å². The van der Waals surface area contributed by atoms with Crippen molar-refractivity contribution in [2.45, 2.75) is 26.7 Å². The average molecular weight is 406 g/mol. The van der Waals surface area contributed by atoms with E-state index in [2.05, 4.69) is 24.1 Å². The third-order valence-corrected chi connectivity index (χ3v) is 5.71. The van der Waals surface area contributed by atoms with Crippen LogP contribution in [0.15, 0.2) is 42.6 Å². The SMILES string of the molecule is CC1(C)CN(C(=O)c2ccc(-c3cccc4nc(NC(=O)C5CC5)cn34)cc2F)C1. The maximum absolute atomic E-state index is 14.8. The predicted octanol–water partition coefficient (Wildman–Crippen LogP) is 3.97. The molecule has 7 heteroatoms. The van der Waals surface area contributed by atoms with Crippen molar-refractivity contribution in [3.63, 3.8) is 0 Å². The van der Waals surface area contributed by atoms with Gasteiger partial charge in [0.1, 0.15) is 11.5 Å². The molecule has 154 valence electrons. The standard InChI is InChI=1S/C23H23FN4O2/c1-23(2)12-27(13-23)22(30)16-9-8-15(10-17(16)24)18-4-3-5-20-25-19(11-28(18)20)26-21(29)14-6-7-14/h3-5,8-11,14H,6-7,12-13H2,1-2H3,(H,26,29). The zero-order valence-electron chi connectivity index (χ0n) is 17.0. The smallest absolute Gasteiger partial charge is 0.256 e. The molecular weight excluding hydrogens is 383 g/mol. The molecule has 2 aromatic heterocycles. The third kappa shape index (κ3) is 3.34. The van der Waals surface area contributed by atoms with E-state index in [0.717, 1.165) is 18.5 Å². The van der Waals surface area contributed by atoms with Gasteiger partial charge in [0, 0.05) is 24.6 Å². The Morgan fingerprint density at radius 2 is 1.93 bits per heavy atom. The highest BCUT2D eigenvalue weighted by molar-refractivity contribution is 5.96. The molecule has 1 aromatic carbocycles. The number of imidazole rings is 1. The van der Waals surface area contributed by atoms with Crippen molar-refractivity contribution in [2.75, 3.05) is 18.4 Å². The van der Waals surface area contributed by atoms with E-state index >= 15 is 0 Å². The Bertz CT molecular complexity index is 1170. The second-order valence-corrected chi connectivity index (χ2v) is 9.05. The average Bonchev–Trinajstić information content (AvgIpc) is 3.45. The van der Waals surface area contributed by atoms with Crippen molar-refractivity contribution in [3.05, 3.63) is 54.0 Å². The summed E-state index contributed by atoms with van der Waals surface area (Å²) in [5.41, 5.74) is 2.20. The summed E-state index contributed by atoms with van der Waals surface area (Å²) in [6, 6.07) is 10.2. The first kappa shape index (κ1) is 18.8. The number of aromatic nitrogens is 2. The number of benzene rings is 1. The summed E-state index contributed by atoms with van der Waals surface area (Å²) in [5.74, 6) is -0.258. The van der Waals surface area contributed by atoms with E-state index in [-0.39, 0.29) is 28.7 Å². The van der Waals surface area contributed by atoms with Gasteiger partial charge >= 0.3 is 0 Å². The maximum atomic E-state index is 14.8. The first-order chi connectivity index (χ1) is 14.3. The van der Waals surface area contributed by atoms with Crippen molar-refractivity contribution in [1.29, 1.82) is 0 Å². The van der Waals surface area contributed by atoms with Gasteiger partial charge in [-0.1, -0.05) is 26.0 Å².